The monoisotopic (exact) mass is 423 g/mol. The maximum absolute atomic E-state index is 12.8. The molecule has 1 saturated heterocycles. The summed E-state index contributed by atoms with van der Waals surface area (Å²) in [5.74, 6) is 1.84. The van der Waals surface area contributed by atoms with Gasteiger partial charge in [-0.05, 0) is 34.7 Å². The third-order valence-corrected chi connectivity index (χ3v) is 5.20. The quantitative estimate of drug-likeness (QED) is 0.648. The lowest BCUT2D eigenvalue weighted by atomic mass is 10.2. The largest absolute Gasteiger partial charge is 0.493 e. The SMILES string of the molecule is COc1cccc(NC(=O)N2CCN(Cc3nnnn3-c3ccccc3)CC2)c1OC. The number of amides is 2. The van der Waals surface area contributed by atoms with Crippen LogP contribution >= 0.6 is 0 Å². The molecule has 0 unspecified atom stereocenters. The predicted molar refractivity (Wildman–Crippen MR) is 115 cm³/mol. The average molecular weight is 423 g/mol. The Morgan fingerprint density at radius 1 is 1.00 bits per heavy atom. The lowest BCUT2D eigenvalue weighted by Gasteiger charge is -2.34. The summed E-state index contributed by atoms with van der Waals surface area (Å²) < 4.78 is 12.4. The number of tetrazole rings is 1. The number of urea groups is 1. The Kier molecular flexibility index (Phi) is 6.27. The number of aromatic nitrogens is 4. The number of hydrogen-bond acceptors (Lipinski definition) is 7. The number of nitrogens with one attached hydrogen (secondary N) is 1. The fourth-order valence-corrected chi connectivity index (χ4v) is 3.56. The van der Waals surface area contributed by atoms with Gasteiger partial charge in [-0.1, -0.05) is 24.3 Å². The number of nitrogens with zero attached hydrogens (tertiary/aromatic N) is 6. The number of rotatable bonds is 6. The molecule has 0 aliphatic carbocycles. The van der Waals surface area contributed by atoms with Crippen molar-refractivity contribution in [1.82, 2.24) is 30.0 Å². The molecule has 0 saturated carbocycles. The molecule has 1 N–H and O–H groups in total. The molecule has 0 spiro atoms. The van der Waals surface area contributed by atoms with Crippen LogP contribution in [-0.2, 0) is 6.54 Å². The predicted octanol–water partition coefficient (Wildman–Crippen LogP) is 2.03. The molecule has 1 fully saturated rings. The zero-order valence-corrected chi connectivity index (χ0v) is 17.6. The first-order valence-corrected chi connectivity index (χ1v) is 10.0. The van der Waals surface area contributed by atoms with Crippen LogP contribution in [0.4, 0.5) is 10.5 Å². The Balaban J connectivity index is 1.35. The van der Waals surface area contributed by atoms with Crippen LogP contribution in [0.25, 0.3) is 5.69 Å². The molecular formula is C21H25N7O3. The summed E-state index contributed by atoms with van der Waals surface area (Å²) in [7, 11) is 3.12. The molecule has 31 heavy (non-hydrogen) atoms. The Morgan fingerprint density at radius 2 is 1.77 bits per heavy atom. The lowest BCUT2D eigenvalue weighted by molar-refractivity contribution is 0.140. The first-order valence-electron chi connectivity index (χ1n) is 10.0. The van der Waals surface area contributed by atoms with Gasteiger partial charge in [-0.15, -0.1) is 5.10 Å². The fourth-order valence-electron chi connectivity index (χ4n) is 3.56. The van der Waals surface area contributed by atoms with Gasteiger partial charge in [0.2, 0.25) is 0 Å². The Hall–Kier alpha value is -3.66. The molecule has 4 rings (SSSR count). The van der Waals surface area contributed by atoms with E-state index in [0.29, 0.717) is 36.8 Å². The molecule has 0 bridgehead atoms. The first kappa shape index (κ1) is 20.6. The van der Waals surface area contributed by atoms with Gasteiger partial charge >= 0.3 is 6.03 Å². The van der Waals surface area contributed by atoms with E-state index in [1.807, 2.05) is 36.4 Å². The number of methoxy groups -OCH3 is 2. The van der Waals surface area contributed by atoms with Gasteiger partial charge in [0.1, 0.15) is 0 Å². The summed E-state index contributed by atoms with van der Waals surface area (Å²) in [6, 6.07) is 15.0. The first-order chi connectivity index (χ1) is 15.2. The highest BCUT2D eigenvalue weighted by Crippen LogP contribution is 2.34. The van der Waals surface area contributed by atoms with Crippen LogP contribution in [-0.4, -0.2) is 76.4 Å². The van der Waals surface area contributed by atoms with Gasteiger partial charge in [0.25, 0.3) is 0 Å². The minimum absolute atomic E-state index is 0.166. The number of carbonyl (C=O) groups is 1. The second kappa shape index (κ2) is 9.43. The Morgan fingerprint density at radius 3 is 2.48 bits per heavy atom. The molecule has 0 radical (unpaired) electrons. The number of carbonyl (C=O) groups excluding carboxylic acids is 1. The van der Waals surface area contributed by atoms with Crippen molar-refractivity contribution in [1.29, 1.82) is 0 Å². The number of hydrogen-bond donors (Lipinski definition) is 1. The molecule has 2 heterocycles. The van der Waals surface area contributed by atoms with E-state index in [9.17, 15) is 4.79 Å². The van der Waals surface area contributed by atoms with Crippen LogP contribution in [0.2, 0.25) is 0 Å². The summed E-state index contributed by atoms with van der Waals surface area (Å²) in [6.07, 6.45) is 0. The minimum atomic E-state index is -0.166. The van der Waals surface area contributed by atoms with Crippen molar-refractivity contribution >= 4 is 11.7 Å². The van der Waals surface area contributed by atoms with Gasteiger partial charge in [-0.2, -0.15) is 4.68 Å². The Bertz CT molecular complexity index is 1020. The zero-order chi connectivity index (χ0) is 21.6. The van der Waals surface area contributed by atoms with Crippen LogP contribution in [0.15, 0.2) is 48.5 Å². The normalized spacial score (nSPS) is 14.3. The summed E-state index contributed by atoms with van der Waals surface area (Å²) in [5, 5.41) is 15.0. The topological polar surface area (TPSA) is 97.6 Å². The third-order valence-electron chi connectivity index (χ3n) is 5.20. The molecule has 2 aromatic carbocycles. The number of para-hydroxylation sites is 2. The molecule has 162 valence electrons. The highest BCUT2D eigenvalue weighted by molar-refractivity contribution is 5.91. The van der Waals surface area contributed by atoms with Crippen molar-refractivity contribution in [2.75, 3.05) is 45.7 Å². The number of anilines is 1. The van der Waals surface area contributed by atoms with Gasteiger partial charge in [0.15, 0.2) is 17.3 Å². The van der Waals surface area contributed by atoms with Crippen molar-refractivity contribution in [3.8, 4) is 17.2 Å². The van der Waals surface area contributed by atoms with Gasteiger partial charge in [0.05, 0.1) is 32.1 Å². The molecule has 3 aromatic rings. The third kappa shape index (κ3) is 4.58. The van der Waals surface area contributed by atoms with Crippen molar-refractivity contribution in [2.45, 2.75) is 6.54 Å². The summed E-state index contributed by atoms with van der Waals surface area (Å²) in [6.45, 7) is 3.27. The number of benzene rings is 2. The van der Waals surface area contributed by atoms with Crippen LogP contribution in [0, 0.1) is 0 Å². The minimum Gasteiger partial charge on any atom is -0.493 e. The highest BCUT2D eigenvalue weighted by Gasteiger charge is 2.24. The van der Waals surface area contributed by atoms with E-state index in [4.69, 9.17) is 9.47 Å². The van der Waals surface area contributed by atoms with E-state index in [0.717, 1.165) is 24.6 Å². The second-order valence-corrected chi connectivity index (χ2v) is 7.08. The zero-order valence-electron chi connectivity index (χ0n) is 17.6. The highest BCUT2D eigenvalue weighted by atomic mass is 16.5. The van der Waals surface area contributed by atoms with Crippen molar-refractivity contribution in [3.63, 3.8) is 0 Å². The molecule has 1 aromatic heterocycles. The van der Waals surface area contributed by atoms with Crippen LogP contribution in [0.3, 0.4) is 0 Å². The molecule has 1 aliphatic heterocycles. The summed E-state index contributed by atoms with van der Waals surface area (Å²) in [5.41, 5.74) is 1.50. The molecule has 1 aliphatic rings. The van der Waals surface area contributed by atoms with Gasteiger partial charge in [0, 0.05) is 26.2 Å². The molecule has 2 amide bonds. The molecular weight excluding hydrogens is 398 g/mol. The van der Waals surface area contributed by atoms with E-state index < -0.39 is 0 Å². The van der Waals surface area contributed by atoms with Gasteiger partial charge < -0.3 is 19.7 Å². The van der Waals surface area contributed by atoms with Gasteiger partial charge in [-0.3, -0.25) is 4.90 Å². The van der Waals surface area contributed by atoms with E-state index in [2.05, 4.69) is 25.7 Å². The average Bonchev–Trinajstić information content (AvgIpc) is 3.28. The van der Waals surface area contributed by atoms with E-state index in [1.54, 1.807) is 35.9 Å². The Labute approximate surface area is 180 Å². The summed E-state index contributed by atoms with van der Waals surface area (Å²) in [4.78, 5) is 16.8. The smallest absolute Gasteiger partial charge is 0.322 e. The van der Waals surface area contributed by atoms with Crippen LogP contribution in [0.5, 0.6) is 11.5 Å². The number of piperazine rings is 1. The van der Waals surface area contributed by atoms with Crippen LogP contribution < -0.4 is 14.8 Å². The van der Waals surface area contributed by atoms with Crippen molar-refractivity contribution in [2.24, 2.45) is 0 Å². The molecule has 10 nitrogen and oxygen atoms in total. The van der Waals surface area contributed by atoms with E-state index in [1.165, 1.54) is 0 Å². The summed E-state index contributed by atoms with van der Waals surface area (Å²) >= 11 is 0. The van der Waals surface area contributed by atoms with Crippen molar-refractivity contribution in [3.05, 3.63) is 54.4 Å². The van der Waals surface area contributed by atoms with E-state index in [-0.39, 0.29) is 6.03 Å². The standard InChI is InChI=1S/C21H25N7O3/c1-30-18-10-6-9-17(20(18)31-2)22-21(29)27-13-11-26(12-14-27)15-19-23-24-25-28(19)16-7-4-3-5-8-16/h3-10H,11-15H2,1-2H3,(H,22,29). The molecule has 10 heteroatoms. The van der Waals surface area contributed by atoms with Crippen LogP contribution in [0.1, 0.15) is 5.82 Å². The maximum atomic E-state index is 12.8. The van der Waals surface area contributed by atoms with E-state index >= 15 is 0 Å². The maximum Gasteiger partial charge on any atom is 0.322 e. The lowest BCUT2D eigenvalue weighted by Crippen LogP contribution is -2.49. The fraction of sp³-hybridized carbons (Fsp3) is 0.333. The molecule has 0 atom stereocenters. The number of ether oxygens (including phenoxy) is 2. The second-order valence-electron chi connectivity index (χ2n) is 7.08. The van der Waals surface area contributed by atoms with Crippen molar-refractivity contribution < 1.29 is 14.3 Å². The van der Waals surface area contributed by atoms with Gasteiger partial charge in [-0.25, -0.2) is 4.79 Å².